The van der Waals surface area contributed by atoms with Gasteiger partial charge in [0.1, 0.15) is 6.04 Å². The normalized spacial score (nSPS) is 13.2. The third-order valence-corrected chi connectivity index (χ3v) is 5.25. The van der Waals surface area contributed by atoms with Crippen molar-refractivity contribution in [1.82, 2.24) is 10.6 Å². The molecule has 0 spiro atoms. The fourth-order valence-corrected chi connectivity index (χ4v) is 3.43. The Bertz CT molecular complexity index is 879. The van der Waals surface area contributed by atoms with Gasteiger partial charge in [-0.15, -0.1) is 0 Å². The number of ether oxygens (including phenoxy) is 1. The van der Waals surface area contributed by atoms with Crippen molar-refractivity contribution in [3.05, 3.63) is 71.8 Å². The van der Waals surface area contributed by atoms with Crippen LogP contribution in [-0.4, -0.2) is 30.9 Å². The highest BCUT2D eigenvalue weighted by atomic mass is 16.5. The third kappa shape index (κ3) is 6.41. The second-order valence-corrected chi connectivity index (χ2v) is 8.58. The summed E-state index contributed by atoms with van der Waals surface area (Å²) in [6.07, 6.45) is 0.459. The van der Waals surface area contributed by atoms with Crippen molar-refractivity contribution < 1.29 is 19.1 Å². The lowest BCUT2D eigenvalue weighted by molar-refractivity contribution is -0.147. The predicted molar refractivity (Wildman–Crippen MR) is 120 cm³/mol. The second kappa shape index (κ2) is 10.8. The maximum absolute atomic E-state index is 13.3. The summed E-state index contributed by atoms with van der Waals surface area (Å²) in [6.45, 7) is 7.46. The molecule has 166 valence electrons. The van der Waals surface area contributed by atoms with Crippen LogP contribution in [0.15, 0.2) is 60.7 Å². The smallest absolute Gasteiger partial charge is 0.328 e. The molecule has 0 radical (unpaired) electrons. The van der Waals surface area contributed by atoms with Gasteiger partial charge in [-0.3, -0.25) is 9.59 Å². The van der Waals surface area contributed by atoms with Gasteiger partial charge in [0.05, 0.1) is 18.6 Å². The topological polar surface area (TPSA) is 84.5 Å². The predicted octanol–water partition coefficient (Wildman–Crippen LogP) is 3.89. The van der Waals surface area contributed by atoms with E-state index in [-0.39, 0.29) is 17.7 Å². The van der Waals surface area contributed by atoms with Crippen molar-refractivity contribution in [2.75, 3.05) is 7.11 Å². The molecule has 2 N–H and O–H groups in total. The lowest BCUT2D eigenvalue weighted by atomic mass is 9.79. The van der Waals surface area contributed by atoms with E-state index in [1.54, 1.807) is 38.1 Å². The van der Waals surface area contributed by atoms with Gasteiger partial charge in [0, 0.05) is 5.56 Å². The molecule has 2 aromatic carbocycles. The van der Waals surface area contributed by atoms with Gasteiger partial charge in [0.2, 0.25) is 5.91 Å². The SMILES string of the molecule is COC(=O)[C@H](CC(C)C)NC(=O)C(C)(C)[C@H](NC(=O)c1ccccc1)c1ccccc1. The Morgan fingerprint density at radius 1 is 0.903 bits per heavy atom. The largest absolute Gasteiger partial charge is 0.467 e. The summed E-state index contributed by atoms with van der Waals surface area (Å²) < 4.78 is 4.87. The summed E-state index contributed by atoms with van der Waals surface area (Å²) in [7, 11) is 1.31. The zero-order chi connectivity index (χ0) is 23.0. The van der Waals surface area contributed by atoms with Gasteiger partial charge in [-0.2, -0.15) is 0 Å². The lowest BCUT2D eigenvalue weighted by Crippen LogP contribution is -2.52. The first kappa shape index (κ1) is 24.1. The summed E-state index contributed by atoms with van der Waals surface area (Å²) in [4.78, 5) is 38.4. The van der Waals surface area contributed by atoms with Gasteiger partial charge < -0.3 is 15.4 Å². The number of amides is 2. The molecule has 0 aliphatic heterocycles. The first-order valence-corrected chi connectivity index (χ1v) is 10.5. The van der Waals surface area contributed by atoms with E-state index in [0.29, 0.717) is 12.0 Å². The fourth-order valence-electron chi connectivity index (χ4n) is 3.43. The van der Waals surface area contributed by atoms with Crippen LogP contribution in [0.25, 0.3) is 0 Å². The Hall–Kier alpha value is -3.15. The monoisotopic (exact) mass is 424 g/mol. The van der Waals surface area contributed by atoms with Crippen molar-refractivity contribution in [2.24, 2.45) is 11.3 Å². The number of carbonyl (C=O) groups is 3. The van der Waals surface area contributed by atoms with Crippen molar-refractivity contribution in [3.63, 3.8) is 0 Å². The van der Waals surface area contributed by atoms with E-state index in [0.717, 1.165) is 5.56 Å². The second-order valence-electron chi connectivity index (χ2n) is 8.58. The van der Waals surface area contributed by atoms with Crippen molar-refractivity contribution in [2.45, 2.75) is 46.2 Å². The van der Waals surface area contributed by atoms with Crippen molar-refractivity contribution in [3.8, 4) is 0 Å². The molecule has 0 heterocycles. The zero-order valence-corrected chi connectivity index (χ0v) is 18.8. The molecule has 0 bridgehead atoms. The molecule has 0 saturated carbocycles. The van der Waals surface area contributed by atoms with E-state index in [4.69, 9.17) is 4.74 Å². The molecule has 2 atom stereocenters. The van der Waals surface area contributed by atoms with E-state index in [9.17, 15) is 14.4 Å². The summed E-state index contributed by atoms with van der Waals surface area (Å²) in [5.74, 6) is -0.912. The van der Waals surface area contributed by atoms with Gasteiger partial charge >= 0.3 is 5.97 Å². The number of hydrogen-bond acceptors (Lipinski definition) is 4. The number of hydrogen-bond donors (Lipinski definition) is 2. The number of methoxy groups -OCH3 is 1. The van der Waals surface area contributed by atoms with Crippen LogP contribution in [0, 0.1) is 11.3 Å². The molecule has 6 heteroatoms. The minimum Gasteiger partial charge on any atom is -0.467 e. The van der Waals surface area contributed by atoms with Gasteiger partial charge in [0.15, 0.2) is 0 Å². The van der Waals surface area contributed by atoms with Crippen molar-refractivity contribution >= 4 is 17.8 Å². The number of carbonyl (C=O) groups excluding carboxylic acids is 3. The minimum absolute atomic E-state index is 0.190. The van der Waals surface area contributed by atoms with E-state index >= 15 is 0 Å². The first-order chi connectivity index (χ1) is 14.7. The molecule has 31 heavy (non-hydrogen) atoms. The van der Waals surface area contributed by atoms with Gasteiger partial charge in [-0.1, -0.05) is 62.4 Å². The highest BCUT2D eigenvalue weighted by Crippen LogP contribution is 2.34. The molecule has 0 saturated heterocycles. The number of benzene rings is 2. The lowest BCUT2D eigenvalue weighted by Gasteiger charge is -2.35. The zero-order valence-electron chi connectivity index (χ0n) is 18.8. The Labute approximate surface area is 184 Å². The average Bonchev–Trinajstić information content (AvgIpc) is 2.76. The minimum atomic E-state index is -1.05. The highest BCUT2D eigenvalue weighted by Gasteiger charge is 2.40. The van der Waals surface area contributed by atoms with Crippen LogP contribution in [0.2, 0.25) is 0 Å². The first-order valence-electron chi connectivity index (χ1n) is 10.5. The summed E-state index contributed by atoms with van der Waals surface area (Å²) in [6, 6.07) is 16.8. The molecule has 2 rings (SSSR count). The number of rotatable bonds is 9. The molecule has 2 amide bonds. The Morgan fingerprint density at radius 3 is 1.97 bits per heavy atom. The molecule has 0 fully saturated rings. The van der Waals surface area contributed by atoms with E-state index in [2.05, 4.69) is 10.6 Å². The van der Waals surface area contributed by atoms with Crippen molar-refractivity contribution in [1.29, 1.82) is 0 Å². The van der Waals surface area contributed by atoms with Gasteiger partial charge in [-0.05, 0) is 43.9 Å². The molecular weight excluding hydrogens is 392 g/mol. The highest BCUT2D eigenvalue weighted by molar-refractivity contribution is 5.95. The molecule has 0 aliphatic carbocycles. The quantitative estimate of drug-likeness (QED) is 0.598. The van der Waals surface area contributed by atoms with E-state index in [1.807, 2.05) is 50.2 Å². The maximum atomic E-state index is 13.3. The third-order valence-electron chi connectivity index (χ3n) is 5.25. The molecule has 0 aliphatic rings. The summed E-state index contributed by atoms with van der Waals surface area (Å²) in [5.41, 5.74) is 0.256. The van der Waals surface area contributed by atoms with E-state index < -0.39 is 23.5 Å². The van der Waals surface area contributed by atoms with Crippen LogP contribution in [-0.2, 0) is 14.3 Å². The molecule has 2 aromatic rings. The maximum Gasteiger partial charge on any atom is 0.328 e. The number of nitrogens with one attached hydrogen (secondary N) is 2. The van der Waals surface area contributed by atoms with Crippen LogP contribution in [0.3, 0.4) is 0 Å². The molecule has 0 aromatic heterocycles. The molecule has 6 nitrogen and oxygen atoms in total. The van der Waals surface area contributed by atoms with Gasteiger partial charge in [0.25, 0.3) is 5.91 Å². The van der Waals surface area contributed by atoms with Crippen LogP contribution in [0.5, 0.6) is 0 Å². The van der Waals surface area contributed by atoms with Crippen LogP contribution in [0.1, 0.15) is 56.1 Å². The Morgan fingerprint density at radius 2 is 1.45 bits per heavy atom. The number of esters is 1. The fraction of sp³-hybridized carbons (Fsp3) is 0.400. The standard InChI is InChI=1S/C25H32N2O4/c1-17(2)16-20(23(29)31-5)26-24(30)25(3,4)21(18-12-8-6-9-13-18)27-22(28)19-14-10-7-11-15-19/h6-15,17,20-21H,16H2,1-5H3,(H,26,30)(H,27,28)/t20-,21+/m0/s1. The van der Waals surface area contributed by atoms with E-state index in [1.165, 1.54) is 7.11 Å². The summed E-state index contributed by atoms with van der Waals surface area (Å²) in [5, 5.41) is 5.85. The van der Waals surface area contributed by atoms with Crippen LogP contribution >= 0.6 is 0 Å². The Balaban J connectivity index is 2.33. The van der Waals surface area contributed by atoms with Crippen LogP contribution in [0.4, 0.5) is 0 Å². The summed E-state index contributed by atoms with van der Waals surface area (Å²) >= 11 is 0. The van der Waals surface area contributed by atoms with Gasteiger partial charge in [-0.25, -0.2) is 4.79 Å². The molecular formula is C25H32N2O4. The Kier molecular flexibility index (Phi) is 8.37. The average molecular weight is 425 g/mol. The molecule has 0 unspecified atom stereocenters. The van der Waals surface area contributed by atoms with Crippen LogP contribution < -0.4 is 10.6 Å².